The number of ether oxygens (including phenoxy) is 2. The lowest BCUT2D eigenvalue weighted by Crippen LogP contribution is -2.37. The summed E-state index contributed by atoms with van der Waals surface area (Å²) in [5.41, 5.74) is 0. The third-order valence-electron chi connectivity index (χ3n) is 14.4. The summed E-state index contributed by atoms with van der Waals surface area (Å²) in [6.07, 6.45) is 82.6. The molecule has 0 radical (unpaired) electrons. The van der Waals surface area contributed by atoms with Crippen LogP contribution in [0.4, 0.5) is 0 Å². The van der Waals surface area contributed by atoms with E-state index in [0.29, 0.717) is 17.4 Å². The third-order valence-corrected chi connectivity index (χ3v) is 15.4. The lowest BCUT2D eigenvalue weighted by molar-refractivity contribution is -0.870. The molecule has 0 aromatic rings. The summed E-state index contributed by atoms with van der Waals surface area (Å²) in [6.45, 7) is 4.34. The summed E-state index contributed by atoms with van der Waals surface area (Å²) in [5, 5.41) is 0. The summed E-state index contributed by atoms with van der Waals surface area (Å²) >= 11 is 0. The van der Waals surface area contributed by atoms with Gasteiger partial charge in [0.25, 0.3) is 0 Å². The summed E-state index contributed by atoms with van der Waals surface area (Å²) in [5.74, 6) is -0.792. The van der Waals surface area contributed by atoms with Crippen molar-refractivity contribution in [2.45, 2.75) is 302 Å². The molecule has 0 saturated carbocycles. The fraction of sp³-hybridized carbons (Fsp3) is 0.771. The minimum absolute atomic E-state index is 0.0308. The molecular weight excluding hydrogens is 1010 g/mol. The van der Waals surface area contributed by atoms with Gasteiger partial charge in [-0.25, -0.2) is 4.57 Å². The van der Waals surface area contributed by atoms with E-state index in [1.165, 1.54) is 193 Å². The van der Waals surface area contributed by atoms with Crippen LogP contribution in [0, 0.1) is 0 Å². The van der Waals surface area contributed by atoms with E-state index >= 15 is 0 Å². The minimum Gasteiger partial charge on any atom is -0.462 e. The first-order chi connectivity index (χ1) is 39.0. The van der Waals surface area contributed by atoms with Crippen LogP contribution in [0.5, 0.6) is 0 Å². The van der Waals surface area contributed by atoms with Crippen molar-refractivity contribution in [2.24, 2.45) is 0 Å². The third kappa shape index (κ3) is 64.4. The second kappa shape index (κ2) is 60.8. The number of phosphoric ester groups is 1. The van der Waals surface area contributed by atoms with Crippen molar-refractivity contribution in [3.05, 3.63) is 85.1 Å². The number of carbonyl (C=O) groups excluding carboxylic acids is 2. The Morgan fingerprint density at radius 2 is 0.713 bits per heavy atom. The Hall–Kier alpha value is -2.81. The van der Waals surface area contributed by atoms with Gasteiger partial charge in [0.15, 0.2) is 6.10 Å². The highest BCUT2D eigenvalue weighted by molar-refractivity contribution is 7.47. The molecule has 0 bridgehead atoms. The molecule has 2 unspecified atom stereocenters. The summed E-state index contributed by atoms with van der Waals surface area (Å²) in [7, 11) is 1.48. The highest BCUT2D eigenvalue weighted by Gasteiger charge is 2.27. The van der Waals surface area contributed by atoms with Gasteiger partial charge in [-0.15, -0.1) is 0 Å². The number of quaternary nitrogens is 1. The lowest BCUT2D eigenvalue weighted by Gasteiger charge is -2.24. The van der Waals surface area contributed by atoms with Crippen LogP contribution < -0.4 is 0 Å². The fourth-order valence-electron chi connectivity index (χ4n) is 9.31. The predicted octanol–water partition coefficient (Wildman–Crippen LogP) is 21.4. The maximum atomic E-state index is 12.8. The van der Waals surface area contributed by atoms with Gasteiger partial charge >= 0.3 is 19.8 Å². The summed E-state index contributed by atoms with van der Waals surface area (Å²) in [6, 6.07) is 0. The van der Waals surface area contributed by atoms with E-state index in [9.17, 15) is 19.0 Å². The van der Waals surface area contributed by atoms with Crippen LogP contribution in [0.15, 0.2) is 85.1 Å². The van der Waals surface area contributed by atoms with E-state index in [1.807, 2.05) is 21.1 Å². The van der Waals surface area contributed by atoms with Crippen molar-refractivity contribution in [3.63, 3.8) is 0 Å². The molecular formula is C70H127NO8P+. The van der Waals surface area contributed by atoms with Crippen LogP contribution in [0.1, 0.15) is 296 Å². The van der Waals surface area contributed by atoms with Gasteiger partial charge in [-0.1, -0.05) is 279 Å². The van der Waals surface area contributed by atoms with Crippen LogP contribution in [0.2, 0.25) is 0 Å². The first kappa shape index (κ1) is 77.2. The highest BCUT2D eigenvalue weighted by atomic mass is 31.2. The molecule has 0 aliphatic heterocycles. The standard InChI is InChI=1S/C70H126NO8P/c1-6-8-10-12-14-16-18-20-22-24-25-26-27-28-29-30-31-32-33-34-35-36-37-38-39-40-41-42-43-44-45-47-49-51-53-55-57-59-61-63-70(73)79-68(67-78-80(74,75)77-65-64-71(3,4)5)66-76-69(72)62-60-58-56-54-52-50-48-46-23-21-19-17-15-13-11-9-7-2/h8,10,14,16,20-23,25-26,28-29,31-32,68H,6-7,9,11-13,15,17-19,24,27,30,33-67H2,1-5H3/p+1/b10-8-,16-14-,22-20-,23-21-,26-25-,29-28-,32-31-. The van der Waals surface area contributed by atoms with Gasteiger partial charge in [-0.3, -0.25) is 18.6 Å². The number of hydrogen-bond acceptors (Lipinski definition) is 7. The SMILES string of the molecule is CC/C=C\C/C=C\C/C=C\C/C=C\C/C=C\C/C=C\CCCCCCCCCCCCCCCCCCCCCCC(=O)OC(COC(=O)CCCCCCCCC/C=C\CCCCCCCC)COP(=O)(O)OCC[N+](C)(C)C. The molecule has 0 aromatic heterocycles. The Morgan fingerprint density at radius 1 is 0.400 bits per heavy atom. The zero-order valence-corrected chi connectivity index (χ0v) is 53.7. The zero-order chi connectivity index (χ0) is 58.4. The summed E-state index contributed by atoms with van der Waals surface area (Å²) in [4.78, 5) is 35.8. The Labute approximate surface area is 494 Å². The monoisotopic (exact) mass is 1140 g/mol. The van der Waals surface area contributed by atoms with Crippen LogP contribution in [0.25, 0.3) is 0 Å². The Balaban J connectivity index is 3.96. The number of carbonyl (C=O) groups is 2. The molecule has 0 amide bonds. The lowest BCUT2D eigenvalue weighted by atomic mass is 10.0. The normalized spacial score (nSPS) is 13.7. The van der Waals surface area contributed by atoms with Crippen LogP contribution in [-0.4, -0.2) is 74.9 Å². The molecule has 0 aliphatic rings. The molecule has 0 fully saturated rings. The number of hydrogen-bond donors (Lipinski definition) is 1. The van der Waals surface area contributed by atoms with Crippen molar-refractivity contribution in [1.29, 1.82) is 0 Å². The van der Waals surface area contributed by atoms with E-state index in [4.69, 9.17) is 18.5 Å². The minimum atomic E-state index is -4.39. The van der Waals surface area contributed by atoms with Crippen molar-refractivity contribution in [1.82, 2.24) is 0 Å². The molecule has 0 rings (SSSR count). The predicted molar refractivity (Wildman–Crippen MR) is 344 cm³/mol. The topological polar surface area (TPSA) is 108 Å². The molecule has 0 heterocycles. The fourth-order valence-corrected chi connectivity index (χ4v) is 10.1. The molecule has 0 aliphatic carbocycles. The van der Waals surface area contributed by atoms with Gasteiger partial charge in [0.2, 0.25) is 0 Å². The highest BCUT2D eigenvalue weighted by Crippen LogP contribution is 2.43. The molecule has 10 heteroatoms. The second-order valence-electron chi connectivity index (χ2n) is 23.5. The van der Waals surface area contributed by atoms with E-state index in [1.54, 1.807) is 0 Å². The molecule has 1 N–H and O–H groups in total. The van der Waals surface area contributed by atoms with Gasteiger partial charge in [0.1, 0.15) is 19.8 Å². The molecule has 0 spiro atoms. The van der Waals surface area contributed by atoms with Crippen molar-refractivity contribution in [3.8, 4) is 0 Å². The molecule has 0 saturated heterocycles. The Bertz CT molecular complexity index is 1630. The van der Waals surface area contributed by atoms with Crippen LogP contribution in [0.3, 0.4) is 0 Å². The average Bonchev–Trinajstić information content (AvgIpc) is 3.42. The number of phosphoric acid groups is 1. The molecule has 80 heavy (non-hydrogen) atoms. The number of esters is 2. The van der Waals surface area contributed by atoms with E-state index in [-0.39, 0.29) is 32.0 Å². The van der Waals surface area contributed by atoms with Crippen LogP contribution in [-0.2, 0) is 32.7 Å². The van der Waals surface area contributed by atoms with Gasteiger partial charge in [0.05, 0.1) is 27.7 Å². The molecule has 464 valence electrons. The second-order valence-corrected chi connectivity index (χ2v) is 24.9. The summed E-state index contributed by atoms with van der Waals surface area (Å²) < 4.78 is 34.6. The van der Waals surface area contributed by atoms with Gasteiger partial charge in [0, 0.05) is 12.8 Å². The molecule has 2 atom stereocenters. The van der Waals surface area contributed by atoms with E-state index < -0.39 is 26.5 Å². The van der Waals surface area contributed by atoms with Crippen molar-refractivity contribution in [2.75, 3.05) is 47.5 Å². The number of allylic oxidation sites excluding steroid dienone is 14. The zero-order valence-electron chi connectivity index (χ0n) is 52.8. The van der Waals surface area contributed by atoms with Crippen molar-refractivity contribution >= 4 is 19.8 Å². The quantitative estimate of drug-likeness (QED) is 0.0211. The Kier molecular flexibility index (Phi) is 58.6. The number of rotatable bonds is 61. The number of nitrogens with zero attached hydrogens (tertiary/aromatic N) is 1. The van der Waals surface area contributed by atoms with E-state index in [0.717, 1.165) is 70.6 Å². The van der Waals surface area contributed by atoms with Gasteiger partial charge < -0.3 is 18.9 Å². The molecule has 0 aromatic carbocycles. The smallest absolute Gasteiger partial charge is 0.462 e. The maximum absolute atomic E-state index is 12.8. The molecule has 9 nitrogen and oxygen atoms in total. The number of unbranched alkanes of at least 4 members (excludes halogenated alkanes) is 33. The van der Waals surface area contributed by atoms with Crippen LogP contribution >= 0.6 is 7.82 Å². The van der Waals surface area contributed by atoms with E-state index in [2.05, 4.69) is 98.9 Å². The largest absolute Gasteiger partial charge is 0.472 e. The van der Waals surface area contributed by atoms with Gasteiger partial charge in [-0.2, -0.15) is 0 Å². The first-order valence-electron chi connectivity index (χ1n) is 33.3. The average molecular weight is 1140 g/mol. The Morgan fingerprint density at radius 3 is 1.07 bits per heavy atom. The number of likely N-dealkylation sites (N-methyl/N-ethyl adjacent to an activating group) is 1. The van der Waals surface area contributed by atoms with Crippen molar-refractivity contribution < 1.29 is 42.1 Å². The van der Waals surface area contributed by atoms with Gasteiger partial charge in [-0.05, 0) is 89.9 Å². The maximum Gasteiger partial charge on any atom is 0.472 e. The first-order valence-corrected chi connectivity index (χ1v) is 34.8.